The Labute approximate surface area is 86.0 Å². The summed E-state index contributed by atoms with van der Waals surface area (Å²) in [6.45, 7) is 7.02. The van der Waals surface area contributed by atoms with Crippen LogP contribution in [-0.2, 0) is 4.74 Å². The zero-order chi connectivity index (χ0) is 9.56. The summed E-state index contributed by atoms with van der Waals surface area (Å²) in [7, 11) is 1.75. The number of carbonyl (C=O) groups is 1. The minimum atomic E-state index is -0.262. The first-order valence-electron chi connectivity index (χ1n) is 4.28. The molecule has 0 saturated carbocycles. The van der Waals surface area contributed by atoms with Gasteiger partial charge in [0.05, 0.1) is 0 Å². The lowest BCUT2D eigenvalue weighted by atomic mass is 10.5. The summed E-state index contributed by atoms with van der Waals surface area (Å²) in [4.78, 5) is 12.9. The zero-order valence-corrected chi connectivity index (χ0v) is 9.48. The molecule has 1 amide bonds. The van der Waals surface area contributed by atoms with Crippen molar-refractivity contribution in [3.8, 4) is 0 Å². The second kappa shape index (κ2) is 8.13. The summed E-state index contributed by atoms with van der Waals surface area (Å²) >= 11 is 0. The Morgan fingerprint density at radius 1 is 1.46 bits per heavy atom. The number of nitrogens with one attached hydrogen (secondary N) is 1. The summed E-state index contributed by atoms with van der Waals surface area (Å²) in [6, 6.07) is 0. The molecule has 1 N–H and O–H groups in total. The summed E-state index contributed by atoms with van der Waals surface area (Å²) in [5.74, 6) is 0. The lowest BCUT2D eigenvalue weighted by molar-refractivity contribution is 0.0619. The maximum Gasteiger partial charge on any atom is 0.411 e. The number of carbonyl (C=O) groups excluding carboxylic acids is 1. The van der Waals surface area contributed by atoms with Gasteiger partial charge < -0.3 is 9.64 Å². The second-order valence-electron chi connectivity index (χ2n) is 2.49. The molecule has 0 aliphatic carbocycles. The highest BCUT2D eigenvalue weighted by Crippen LogP contribution is 1.95. The van der Waals surface area contributed by atoms with Gasteiger partial charge in [-0.05, 0) is 27.8 Å². The molecular formula is C8H19ClN2O2. The molecule has 13 heavy (non-hydrogen) atoms. The van der Waals surface area contributed by atoms with Crippen molar-refractivity contribution in [3.63, 3.8) is 0 Å². The van der Waals surface area contributed by atoms with Gasteiger partial charge in [0.25, 0.3) is 0 Å². The normalized spacial score (nSPS) is 11.4. The molecule has 0 spiro atoms. The van der Waals surface area contributed by atoms with Crippen LogP contribution in [-0.4, -0.2) is 37.4 Å². The Kier molecular flexibility index (Phi) is 9.39. The lowest BCUT2D eigenvalue weighted by Crippen LogP contribution is -2.37. The van der Waals surface area contributed by atoms with Gasteiger partial charge in [0.15, 0.2) is 6.23 Å². The molecule has 0 aromatic rings. The number of hydrogen-bond donors (Lipinski definition) is 1. The van der Waals surface area contributed by atoms with Gasteiger partial charge in [0.1, 0.15) is 0 Å². The van der Waals surface area contributed by atoms with Gasteiger partial charge >= 0.3 is 6.09 Å². The van der Waals surface area contributed by atoms with E-state index in [4.69, 9.17) is 4.74 Å². The van der Waals surface area contributed by atoms with Crippen LogP contribution in [0.25, 0.3) is 0 Å². The van der Waals surface area contributed by atoms with Crippen molar-refractivity contribution in [1.29, 1.82) is 0 Å². The second-order valence-corrected chi connectivity index (χ2v) is 2.49. The molecule has 1 unspecified atom stereocenters. The first-order valence-corrected chi connectivity index (χ1v) is 4.28. The van der Waals surface area contributed by atoms with Crippen LogP contribution >= 0.6 is 12.4 Å². The summed E-state index contributed by atoms with van der Waals surface area (Å²) < 4.78 is 5.02. The van der Waals surface area contributed by atoms with E-state index in [0.717, 1.165) is 0 Å². The Morgan fingerprint density at radius 2 is 1.92 bits per heavy atom. The van der Waals surface area contributed by atoms with E-state index >= 15 is 0 Å². The van der Waals surface area contributed by atoms with Gasteiger partial charge in [-0.3, -0.25) is 5.32 Å². The van der Waals surface area contributed by atoms with E-state index in [1.807, 2.05) is 13.8 Å². The predicted octanol–water partition coefficient (Wildman–Crippen LogP) is 1.45. The topological polar surface area (TPSA) is 41.6 Å². The zero-order valence-electron chi connectivity index (χ0n) is 8.66. The smallest absolute Gasteiger partial charge is 0.411 e. The molecule has 0 rings (SSSR count). The van der Waals surface area contributed by atoms with E-state index in [1.54, 1.807) is 18.9 Å². The molecule has 4 nitrogen and oxygen atoms in total. The van der Waals surface area contributed by atoms with Crippen LogP contribution in [0.2, 0.25) is 0 Å². The Morgan fingerprint density at radius 3 is 2.23 bits per heavy atom. The molecule has 0 bridgehead atoms. The molecule has 0 saturated heterocycles. The number of ether oxygens (including phenoxy) is 1. The van der Waals surface area contributed by atoms with Crippen LogP contribution < -0.4 is 5.32 Å². The largest absolute Gasteiger partial charge is 0.431 e. The molecule has 80 valence electrons. The fraction of sp³-hybridized carbons (Fsp3) is 0.875. The fourth-order valence-corrected chi connectivity index (χ4v) is 0.766. The first kappa shape index (κ1) is 15.0. The van der Waals surface area contributed by atoms with Crippen LogP contribution in [0, 0.1) is 0 Å². The number of nitrogens with zero attached hydrogens (tertiary/aromatic N) is 1. The molecule has 0 fully saturated rings. The van der Waals surface area contributed by atoms with E-state index in [-0.39, 0.29) is 24.7 Å². The maximum absolute atomic E-state index is 11.2. The minimum Gasteiger partial charge on any atom is -0.431 e. The van der Waals surface area contributed by atoms with E-state index < -0.39 is 0 Å². The number of amides is 1. The predicted molar refractivity (Wildman–Crippen MR) is 55.2 cm³/mol. The van der Waals surface area contributed by atoms with Crippen LogP contribution in [0.1, 0.15) is 20.8 Å². The van der Waals surface area contributed by atoms with Crippen molar-refractivity contribution in [1.82, 2.24) is 10.2 Å². The van der Waals surface area contributed by atoms with Crippen LogP contribution in [0.5, 0.6) is 0 Å². The maximum atomic E-state index is 11.2. The summed E-state index contributed by atoms with van der Waals surface area (Å²) in [6.07, 6.45) is -0.486. The summed E-state index contributed by atoms with van der Waals surface area (Å²) in [5.41, 5.74) is 0. The summed E-state index contributed by atoms with van der Waals surface area (Å²) in [5, 5.41) is 2.83. The van der Waals surface area contributed by atoms with Crippen LogP contribution in [0.4, 0.5) is 4.79 Å². The van der Waals surface area contributed by atoms with Crippen molar-refractivity contribution in [3.05, 3.63) is 0 Å². The Hall–Kier alpha value is -0.480. The number of hydrogen-bond acceptors (Lipinski definition) is 3. The van der Waals surface area contributed by atoms with E-state index in [9.17, 15) is 4.79 Å². The van der Waals surface area contributed by atoms with Gasteiger partial charge in [0, 0.05) is 13.1 Å². The average molecular weight is 211 g/mol. The fourth-order valence-electron chi connectivity index (χ4n) is 0.766. The van der Waals surface area contributed by atoms with Crippen molar-refractivity contribution < 1.29 is 9.53 Å². The van der Waals surface area contributed by atoms with Crippen LogP contribution in [0.3, 0.4) is 0 Å². The van der Waals surface area contributed by atoms with Gasteiger partial charge in [-0.1, -0.05) is 0 Å². The highest BCUT2D eigenvalue weighted by molar-refractivity contribution is 5.85. The number of halogens is 1. The molecule has 1 atom stereocenters. The van der Waals surface area contributed by atoms with Crippen molar-refractivity contribution in [2.24, 2.45) is 0 Å². The average Bonchev–Trinajstić information content (AvgIpc) is 2.06. The monoisotopic (exact) mass is 210 g/mol. The standard InChI is InChI=1S/C8H18N2O2.ClH/c1-5-10(6-2)8(11)12-7(3)9-4;/h7,9H,5-6H2,1-4H3;1H. The number of rotatable bonds is 4. The van der Waals surface area contributed by atoms with Gasteiger partial charge in [0.2, 0.25) is 0 Å². The van der Waals surface area contributed by atoms with Gasteiger partial charge in [-0.15, -0.1) is 12.4 Å². The Bertz CT molecular complexity index is 140. The SMILES string of the molecule is CCN(CC)C(=O)OC(C)NC.Cl. The van der Waals surface area contributed by atoms with Crippen molar-refractivity contribution >= 4 is 18.5 Å². The molecule has 0 aromatic carbocycles. The molecule has 0 aromatic heterocycles. The molecule has 5 heteroatoms. The van der Waals surface area contributed by atoms with Crippen LogP contribution in [0.15, 0.2) is 0 Å². The third kappa shape index (κ3) is 5.71. The highest BCUT2D eigenvalue weighted by Gasteiger charge is 2.12. The van der Waals surface area contributed by atoms with Gasteiger partial charge in [-0.2, -0.15) is 0 Å². The minimum absolute atomic E-state index is 0. The molecule has 0 aliphatic rings. The Balaban J connectivity index is 0. The van der Waals surface area contributed by atoms with Crippen molar-refractivity contribution in [2.45, 2.75) is 27.0 Å². The lowest BCUT2D eigenvalue weighted by Gasteiger charge is -2.20. The van der Waals surface area contributed by atoms with E-state index in [1.165, 1.54) is 0 Å². The third-order valence-corrected chi connectivity index (χ3v) is 1.71. The van der Waals surface area contributed by atoms with E-state index in [0.29, 0.717) is 13.1 Å². The highest BCUT2D eigenvalue weighted by atomic mass is 35.5. The molecule has 0 aliphatic heterocycles. The third-order valence-electron chi connectivity index (χ3n) is 1.71. The van der Waals surface area contributed by atoms with E-state index in [2.05, 4.69) is 5.32 Å². The quantitative estimate of drug-likeness (QED) is 0.715. The molecule has 0 heterocycles. The first-order chi connectivity index (χ1) is 5.65. The molecule has 0 radical (unpaired) electrons. The van der Waals surface area contributed by atoms with Crippen molar-refractivity contribution in [2.75, 3.05) is 20.1 Å². The molecular weight excluding hydrogens is 192 g/mol. The van der Waals surface area contributed by atoms with Gasteiger partial charge in [-0.25, -0.2) is 4.79 Å².